The summed E-state index contributed by atoms with van der Waals surface area (Å²) in [5.41, 5.74) is 5.02. The first kappa shape index (κ1) is 31.8. The second kappa shape index (κ2) is 15.4. The quantitative estimate of drug-likeness (QED) is 0.109. The lowest BCUT2D eigenvalue weighted by Gasteiger charge is -2.12. The molecule has 6 rings (SSSR count). The first-order valence-corrected chi connectivity index (χ1v) is 15.6. The van der Waals surface area contributed by atoms with Gasteiger partial charge in [0.2, 0.25) is 0 Å². The van der Waals surface area contributed by atoms with Crippen molar-refractivity contribution in [1.29, 1.82) is 0 Å². The van der Waals surface area contributed by atoms with Crippen molar-refractivity contribution in [3.63, 3.8) is 0 Å². The second-order valence-electron chi connectivity index (χ2n) is 9.65. The first-order valence-electron chi connectivity index (χ1n) is 13.8. The molecule has 1 N–H and O–H groups in total. The van der Waals surface area contributed by atoms with E-state index in [0.717, 1.165) is 59.2 Å². The fourth-order valence-corrected chi connectivity index (χ4v) is 5.29. The van der Waals surface area contributed by atoms with Gasteiger partial charge in [-0.2, -0.15) is 0 Å². The Morgan fingerprint density at radius 2 is 1.45 bits per heavy atom. The zero-order valence-electron chi connectivity index (χ0n) is 23.4. The lowest BCUT2D eigenvalue weighted by Crippen LogP contribution is -2.02. The van der Waals surface area contributed by atoms with Crippen LogP contribution in [0.1, 0.15) is 18.4 Å². The van der Waals surface area contributed by atoms with Gasteiger partial charge in [0.1, 0.15) is 41.9 Å². The van der Waals surface area contributed by atoms with E-state index in [4.69, 9.17) is 51.1 Å². The number of anilines is 2. The smallest absolute Gasteiger partial charge is 0.158 e. The van der Waals surface area contributed by atoms with Crippen LogP contribution in [-0.4, -0.2) is 40.8 Å². The maximum Gasteiger partial charge on any atom is 0.158 e. The summed E-state index contributed by atoms with van der Waals surface area (Å²) in [6.07, 6.45) is 8.69. The third-order valence-electron chi connectivity index (χ3n) is 6.60. The van der Waals surface area contributed by atoms with Crippen LogP contribution in [0.25, 0.3) is 22.1 Å². The summed E-state index contributed by atoms with van der Waals surface area (Å²) in [6.45, 7) is 1.85. The molecule has 0 saturated heterocycles. The summed E-state index contributed by atoms with van der Waals surface area (Å²) >= 11 is 23.8. The molecule has 228 valence electrons. The molecule has 0 aliphatic carbocycles. The first-order chi connectivity index (χ1) is 21.5. The van der Waals surface area contributed by atoms with Crippen LogP contribution < -0.4 is 10.1 Å². The number of rotatable bonds is 11. The summed E-state index contributed by atoms with van der Waals surface area (Å²) in [5, 5.41) is 4.24. The number of alkyl halides is 2. The second-order valence-corrected chi connectivity index (χ2v) is 11.2. The Bertz CT molecular complexity index is 1850. The van der Waals surface area contributed by atoms with Crippen LogP contribution in [0, 0.1) is 5.82 Å². The molecule has 8 nitrogen and oxygen atoms in total. The van der Waals surface area contributed by atoms with Crippen molar-refractivity contribution in [3.05, 3.63) is 101 Å². The number of hydrogen-bond donors (Lipinski definition) is 1. The molecule has 0 bridgehead atoms. The minimum atomic E-state index is -0.297. The van der Waals surface area contributed by atoms with Gasteiger partial charge in [0.25, 0.3) is 0 Å². The van der Waals surface area contributed by atoms with Gasteiger partial charge in [0.15, 0.2) is 11.0 Å². The SMILES string of the molecule is ClCCCn1ccc2ncnc(Cl)c21.Fc1cccc(COc2ccc(Nc3ncnc4ccn(CCCCl)c34)cc2Cl)c1. The van der Waals surface area contributed by atoms with E-state index < -0.39 is 0 Å². The Morgan fingerprint density at radius 3 is 2.14 bits per heavy atom. The number of ether oxygens (including phenoxy) is 1. The molecule has 0 unspecified atom stereocenters. The molecule has 0 fully saturated rings. The van der Waals surface area contributed by atoms with Crippen LogP contribution in [0.2, 0.25) is 10.2 Å². The van der Waals surface area contributed by atoms with Crippen molar-refractivity contribution < 1.29 is 9.13 Å². The molecule has 0 amide bonds. The van der Waals surface area contributed by atoms with E-state index in [1.165, 1.54) is 24.8 Å². The lowest BCUT2D eigenvalue weighted by atomic mass is 10.2. The highest BCUT2D eigenvalue weighted by Crippen LogP contribution is 2.31. The zero-order valence-corrected chi connectivity index (χ0v) is 26.5. The van der Waals surface area contributed by atoms with Crippen LogP contribution in [0.5, 0.6) is 5.75 Å². The van der Waals surface area contributed by atoms with Crippen molar-refractivity contribution in [2.24, 2.45) is 0 Å². The van der Waals surface area contributed by atoms with E-state index in [9.17, 15) is 4.39 Å². The molecule has 4 heterocycles. The molecule has 44 heavy (non-hydrogen) atoms. The fourth-order valence-electron chi connectivity index (χ4n) is 4.57. The number of nitrogens with zero attached hydrogens (tertiary/aromatic N) is 6. The Kier molecular flexibility index (Phi) is 11.1. The van der Waals surface area contributed by atoms with Crippen LogP contribution in [-0.2, 0) is 19.7 Å². The Hall–Kier alpha value is -3.63. The molecule has 4 aromatic heterocycles. The standard InChI is InChI=1S/C22H19Cl2FN4O.C9H9Cl2N3/c23-8-2-9-29-10-7-19-21(29)22(27-14-26-19)28-17-5-6-20(18(24)12-17)30-13-15-3-1-4-16(25)11-15;10-3-1-4-14-5-2-7-8(14)9(11)13-6-12-7/h1,3-7,10-12,14H,2,8-9,13H2,(H,26,27,28);2,5-6H,1,3-4H2. The van der Waals surface area contributed by atoms with Crippen LogP contribution in [0.3, 0.4) is 0 Å². The van der Waals surface area contributed by atoms with Gasteiger partial charge in [-0.25, -0.2) is 24.3 Å². The molecule has 0 atom stereocenters. The van der Waals surface area contributed by atoms with Crippen molar-refractivity contribution in [2.45, 2.75) is 32.5 Å². The molecule has 6 aromatic rings. The minimum absolute atomic E-state index is 0.227. The molecule has 0 radical (unpaired) electrons. The number of aromatic nitrogens is 6. The Labute approximate surface area is 273 Å². The van der Waals surface area contributed by atoms with E-state index in [1.807, 2.05) is 35.2 Å². The van der Waals surface area contributed by atoms with Gasteiger partial charge in [-0.3, -0.25) is 0 Å². The monoisotopic (exact) mass is 673 g/mol. The highest BCUT2D eigenvalue weighted by Gasteiger charge is 2.11. The molecular weight excluding hydrogens is 647 g/mol. The van der Waals surface area contributed by atoms with Crippen molar-refractivity contribution in [3.8, 4) is 5.75 Å². The maximum absolute atomic E-state index is 13.3. The molecule has 2 aromatic carbocycles. The summed E-state index contributed by atoms with van der Waals surface area (Å²) in [6, 6.07) is 15.5. The van der Waals surface area contributed by atoms with Crippen LogP contribution in [0.15, 0.2) is 79.6 Å². The van der Waals surface area contributed by atoms with Gasteiger partial charge in [0, 0.05) is 42.9 Å². The number of nitrogens with one attached hydrogen (secondary N) is 1. The molecular formula is C31H28Cl4FN7O. The van der Waals surface area contributed by atoms with Crippen molar-refractivity contribution >= 4 is 80.0 Å². The van der Waals surface area contributed by atoms with Crippen molar-refractivity contribution in [1.82, 2.24) is 29.1 Å². The lowest BCUT2D eigenvalue weighted by molar-refractivity contribution is 0.306. The highest BCUT2D eigenvalue weighted by atomic mass is 35.5. The predicted molar refractivity (Wildman–Crippen MR) is 176 cm³/mol. The third-order valence-corrected chi connectivity index (χ3v) is 7.71. The summed E-state index contributed by atoms with van der Waals surface area (Å²) in [7, 11) is 0. The molecule has 0 saturated carbocycles. The maximum atomic E-state index is 13.3. The Balaban J connectivity index is 0.000000229. The van der Waals surface area contributed by atoms with Gasteiger partial charge >= 0.3 is 0 Å². The predicted octanol–water partition coefficient (Wildman–Crippen LogP) is 8.89. The molecule has 0 aliphatic heterocycles. The van der Waals surface area contributed by atoms with E-state index in [2.05, 4.69) is 29.8 Å². The molecule has 0 spiro atoms. The summed E-state index contributed by atoms with van der Waals surface area (Å²) in [5.74, 6) is 2.14. The van der Waals surface area contributed by atoms with Gasteiger partial charge < -0.3 is 19.2 Å². The average molecular weight is 675 g/mol. The number of hydrogen-bond acceptors (Lipinski definition) is 6. The van der Waals surface area contributed by atoms with Gasteiger partial charge in [-0.05, 0) is 60.9 Å². The average Bonchev–Trinajstić information content (AvgIpc) is 3.64. The summed E-state index contributed by atoms with van der Waals surface area (Å²) in [4.78, 5) is 16.8. The van der Waals surface area contributed by atoms with E-state index in [-0.39, 0.29) is 12.4 Å². The van der Waals surface area contributed by atoms with E-state index >= 15 is 0 Å². The van der Waals surface area contributed by atoms with E-state index in [1.54, 1.807) is 24.3 Å². The molecule has 0 aliphatic rings. The van der Waals surface area contributed by atoms with Crippen LogP contribution >= 0.6 is 46.4 Å². The summed E-state index contributed by atoms with van der Waals surface area (Å²) < 4.78 is 23.2. The normalized spacial score (nSPS) is 11.0. The van der Waals surface area contributed by atoms with Gasteiger partial charge in [-0.1, -0.05) is 35.3 Å². The Morgan fingerprint density at radius 1 is 0.773 bits per heavy atom. The number of benzene rings is 2. The fraction of sp³-hybridized carbons (Fsp3) is 0.226. The molecule has 13 heteroatoms. The highest BCUT2D eigenvalue weighted by molar-refractivity contribution is 6.33. The van der Waals surface area contributed by atoms with Gasteiger partial charge in [0.05, 0.1) is 16.1 Å². The third kappa shape index (κ3) is 7.90. The van der Waals surface area contributed by atoms with E-state index in [0.29, 0.717) is 33.5 Å². The number of fused-ring (bicyclic) bond motifs is 2. The van der Waals surface area contributed by atoms with Crippen LogP contribution in [0.4, 0.5) is 15.9 Å². The van der Waals surface area contributed by atoms with Gasteiger partial charge in [-0.15, -0.1) is 23.2 Å². The number of halogens is 5. The zero-order chi connectivity index (χ0) is 30.9. The van der Waals surface area contributed by atoms with Crippen molar-refractivity contribution in [2.75, 3.05) is 17.1 Å². The number of aryl methyl sites for hydroxylation is 2. The topological polar surface area (TPSA) is 82.7 Å². The minimum Gasteiger partial charge on any atom is -0.487 e. The largest absolute Gasteiger partial charge is 0.487 e.